The minimum absolute atomic E-state index is 0.249. The predicted octanol–water partition coefficient (Wildman–Crippen LogP) is 2.42. The number of hydrogen-bond acceptors (Lipinski definition) is 4. The summed E-state index contributed by atoms with van der Waals surface area (Å²) in [6.45, 7) is 4.56. The predicted molar refractivity (Wildman–Crippen MR) is 95.5 cm³/mol. The van der Waals surface area contributed by atoms with Gasteiger partial charge >= 0.3 is 0 Å². The third kappa shape index (κ3) is 4.32. The molecule has 130 valence electrons. The Morgan fingerprint density at radius 2 is 1.76 bits per heavy atom. The van der Waals surface area contributed by atoms with Crippen molar-refractivity contribution in [2.24, 2.45) is 0 Å². The highest BCUT2D eigenvalue weighted by molar-refractivity contribution is 7.89. The highest BCUT2D eigenvalue weighted by Gasteiger charge is 2.16. The number of hydrogen-bond donors (Lipinski definition) is 1. The molecule has 0 aliphatic heterocycles. The van der Waals surface area contributed by atoms with E-state index in [4.69, 9.17) is 0 Å². The van der Waals surface area contributed by atoms with Crippen molar-refractivity contribution < 1.29 is 8.42 Å². The van der Waals surface area contributed by atoms with Crippen molar-refractivity contribution in [1.82, 2.24) is 19.5 Å². The molecule has 0 spiro atoms. The van der Waals surface area contributed by atoms with Crippen LogP contribution in [0.4, 0.5) is 0 Å². The highest BCUT2D eigenvalue weighted by atomic mass is 32.2. The Morgan fingerprint density at radius 1 is 1.04 bits per heavy atom. The Hall–Kier alpha value is -2.51. The van der Waals surface area contributed by atoms with E-state index in [1.165, 1.54) is 6.33 Å². The van der Waals surface area contributed by atoms with Crippen LogP contribution in [0.2, 0.25) is 0 Å². The monoisotopic (exact) mass is 356 g/mol. The molecule has 0 saturated heterocycles. The fourth-order valence-corrected chi connectivity index (χ4v) is 3.86. The van der Waals surface area contributed by atoms with Gasteiger partial charge in [0.25, 0.3) is 0 Å². The summed E-state index contributed by atoms with van der Waals surface area (Å²) in [4.78, 5) is 4.24. The number of rotatable bonds is 6. The molecule has 0 aliphatic carbocycles. The van der Waals surface area contributed by atoms with Crippen LogP contribution in [0, 0.1) is 13.8 Å². The summed E-state index contributed by atoms with van der Waals surface area (Å²) in [7, 11) is -3.54. The number of aromatic nitrogens is 3. The molecule has 25 heavy (non-hydrogen) atoms. The lowest BCUT2D eigenvalue weighted by Gasteiger charge is -2.10. The summed E-state index contributed by atoms with van der Waals surface area (Å²) in [6, 6.07) is 13.2. The van der Waals surface area contributed by atoms with Gasteiger partial charge in [-0.05, 0) is 42.2 Å². The SMILES string of the molecule is Cc1ccc(C)c(S(=O)(=O)NCc2ccc(Cn3cncn3)cc2)c1. The molecular formula is C18H20N4O2S. The van der Waals surface area contributed by atoms with Crippen molar-refractivity contribution in [1.29, 1.82) is 0 Å². The van der Waals surface area contributed by atoms with E-state index < -0.39 is 10.0 Å². The fraction of sp³-hybridized carbons (Fsp3) is 0.222. The summed E-state index contributed by atoms with van der Waals surface area (Å²) >= 11 is 0. The molecule has 0 saturated carbocycles. The first kappa shape index (κ1) is 17.3. The van der Waals surface area contributed by atoms with Crippen LogP contribution in [0.1, 0.15) is 22.3 Å². The van der Waals surface area contributed by atoms with E-state index in [1.807, 2.05) is 43.3 Å². The molecule has 1 heterocycles. The van der Waals surface area contributed by atoms with Crippen LogP contribution < -0.4 is 4.72 Å². The molecule has 0 bridgehead atoms. The van der Waals surface area contributed by atoms with Crippen molar-refractivity contribution in [3.63, 3.8) is 0 Å². The van der Waals surface area contributed by atoms with Crippen molar-refractivity contribution in [3.05, 3.63) is 77.4 Å². The molecule has 0 aliphatic rings. The summed E-state index contributed by atoms with van der Waals surface area (Å²) in [5.41, 5.74) is 3.63. The normalized spacial score (nSPS) is 11.6. The van der Waals surface area contributed by atoms with E-state index in [0.29, 0.717) is 11.4 Å². The maximum absolute atomic E-state index is 12.5. The second-order valence-corrected chi connectivity index (χ2v) is 7.74. The largest absolute Gasteiger partial charge is 0.249 e. The minimum atomic E-state index is -3.54. The summed E-state index contributed by atoms with van der Waals surface area (Å²) in [5.74, 6) is 0. The second kappa shape index (κ2) is 7.16. The molecule has 2 aromatic carbocycles. The van der Waals surface area contributed by atoms with Gasteiger partial charge in [-0.2, -0.15) is 5.10 Å². The van der Waals surface area contributed by atoms with E-state index in [1.54, 1.807) is 24.0 Å². The van der Waals surface area contributed by atoms with Crippen LogP contribution in [-0.4, -0.2) is 23.2 Å². The number of nitrogens with zero attached hydrogens (tertiary/aromatic N) is 3. The quantitative estimate of drug-likeness (QED) is 0.736. The molecule has 6 nitrogen and oxygen atoms in total. The summed E-state index contributed by atoms with van der Waals surface area (Å²) < 4.78 is 29.5. The average Bonchev–Trinajstić information content (AvgIpc) is 3.09. The Balaban J connectivity index is 1.67. The van der Waals surface area contributed by atoms with Gasteiger partial charge in [-0.25, -0.2) is 22.8 Å². The lowest BCUT2D eigenvalue weighted by Crippen LogP contribution is -2.24. The third-order valence-electron chi connectivity index (χ3n) is 3.93. The van der Waals surface area contributed by atoms with Crippen LogP contribution in [-0.2, 0) is 23.1 Å². The van der Waals surface area contributed by atoms with Gasteiger partial charge in [-0.15, -0.1) is 0 Å². The fourth-order valence-electron chi connectivity index (χ4n) is 2.52. The Morgan fingerprint density at radius 3 is 2.44 bits per heavy atom. The van der Waals surface area contributed by atoms with Gasteiger partial charge in [0.1, 0.15) is 12.7 Å². The molecule has 1 N–H and O–H groups in total. The minimum Gasteiger partial charge on any atom is -0.249 e. The van der Waals surface area contributed by atoms with Gasteiger partial charge in [-0.1, -0.05) is 36.4 Å². The molecule has 3 rings (SSSR count). The zero-order valence-electron chi connectivity index (χ0n) is 14.2. The lowest BCUT2D eigenvalue weighted by atomic mass is 10.1. The van der Waals surface area contributed by atoms with Gasteiger partial charge in [0, 0.05) is 6.54 Å². The first-order valence-corrected chi connectivity index (χ1v) is 9.39. The molecular weight excluding hydrogens is 336 g/mol. The molecule has 0 atom stereocenters. The molecule has 1 aromatic heterocycles. The van der Waals surface area contributed by atoms with E-state index in [-0.39, 0.29) is 6.54 Å². The van der Waals surface area contributed by atoms with Crippen LogP contribution in [0.25, 0.3) is 0 Å². The van der Waals surface area contributed by atoms with Crippen molar-refractivity contribution in [3.8, 4) is 0 Å². The van der Waals surface area contributed by atoms with Crippen molar-refractivity contribution in [2.75, 3.05) is 0 Å². The van der Waals surface area contributed by atoms with Crippen LogP contribution >= 0.6 is 0 Å². The van der Waals surface area contributed by atoms with Gasteiger partial charge in [0.15, 0.2) is 0 Å². The standard InChI is InChI=1S/C18H20N4O2S/c1-14-3-4-15(2)18(9-14)25(23,24)21-10-16-5-7-17(8-6-16)11-22-13-19-12-20-22/h3-9,12-13,21H,10-11H2,1-2H3. The number of benzene rings is 2. The first-order valence-electron chi connectivity index (χ1n) is 7.91. The van der Waals surface area contributed by atoms with Gasteiger partial charge in [-0.3, -0.25) is 0 Å². The van der Waals surface area contributed by atoms with E-state index in [0.717, 1.165) is 22.3 Å². The topological polar surface area (TPSA) is 76.9 Å². The van der Waals surface area contributed by atoms with Crippen LogP contribution in [0.5, 0.6) is 0 Å². The molecule has 3 aromatic rings. The van der Waals surface area contributed by atoms with Gasteiger partial charge in [0.2, 0.25) is 10.0 Å². The smallest absolute Gasteiger partial charge is 0.241 e. The zero-order chi connectivity index (χ0) is 17.9. The Bertz CT molecular complexity index is 949. The zero-order valence-corrected chi connectivity index (χ0v) is 15.0. The number of sulfonamides is 1. The Labute approximate surface area is 147 Å². The molecule has 0 fully saturated rings. The number of aryl methyl sites for hydroxylation is 2. The third-order valence-corrected chi connectivity index (χ3v) is 5.48. The van der Waals surface area contributed by atoms with E-state index in [2.05, 4.69) is 14.8 Å². The van der Waals surface area contributed by atoms with Crippen molar-refractivity contribution >= 4 is 10.0 Å². The van der Waals surface area contributed by atoms with E-state index in [9.17, 15) is 8.42 Å². The summed E-state index contributed by atoms with van der Waals surface area (Å²) in [6.07, 6.45) is 3.16. The molecule has 0 unspecified atom stereocenters. The number of nitrogens with one attached hydrogen (secondary N) is 1. The maximum Gasteiger partial charge on any atom is 0.241 e. The molecule has 0 amide bonds. The lowest BCUT2D eigenvalue weighted by molar-refractivity contribution is 0.580. The molecule has 0 radical (unpaired) electrons. The van der Waals surface area contributed by atoms with Gasteiger partial charge in [0.05, 0.1) is 11.4 Å². The van der Waals surface area contributed by atoms with Crippen molar-refractivity contribution in [2.45, 2.75) is 31.8 Å². The highest BCUT2D eigenvalue weighted by Crippen LogP contribution is 2.17. The Kier molecular flexibility index (Phi) is 4.96. The van der Waals surface area contributed by atoms with Crippen LogP contribution in [0.15, 0.2) is 60.0 Å². The van der Waals surface area contributed by atoms with Gasteiger partial charge < -0.3 is 0 Å². The average molecular weight is 356 g/mol. The second-order valence-electron chi connectivity index (χ2n) is 6.00. The first-order chi connectivity index (χ1) is 11.9. The maximum atomic E-state index is 12.5. The van der Waals surface area contributed by atoms with E-state index >= 15 is 0 Å². The van der Waals surface area contributed by atoms with Crippen LogP contribution in [0.3, 0.4) is 0 Å². The molecule has 7 heteroatoms. The summed E-state index contributed by atoms with van der Waals surface area (Å²) in [5, 5.41) is 4.07.